The summed E-state index contributed by atoms with van der Waals surface area (Å²) in [6.45, 7) is 2.10. The van der Waals surface area contributed by atoms with Crippen LogP contribution in [0.4, 0.5) is 5.69 Å². The first-order valence-corrected chi connectivity index (χ1v) is 7.73. The zero-order chi connectivity index (χ0) is 13.9. The van der Waals surface area contributed by atoms with Gasteiger partial charge in [0.1, 0.15) is 0 Å². The summed E-state index contributed by atoms with van der Waals surface area (Å²) in [7, 11) is -1.64. The van der Waals surface area contributed by atoms with Crippen molar-refractivity contribution in [3.05, 3.63) is 42.5 Å². The smallest absolute Gasteiger partial charge is 0.236 e. The largest absolute Gasteiger partial charge is 0.318 e. The molecule has 1 atom stereocenters. The van der Waals surface area contributed by atoms with Crippen LogP contribution in [-0.4, -0.2) is 27.3 Å². The molecule has 0 radical (unpaired) electrons. The highest BCUT2D eigenvalue weighted by Gasteiger charge is 2.20. The van der Waals surface area contributed by atoms with Crippen LogP contribution in [0.5, 0.6) is 0 Å². The van der Waals surface area contributed by atoms with Crippen LogP contribution in [0.2, 0.25) is 0 Å². The van der Waals surface area contributed by atoms with Gasteiger partial charge in [-0.2, -0.15) is 0 Å². The second-order valence-electron chi connectivity index (χ2n) is 4.54. The highest BCUT2D eigenvalue weighted by atomic mass is 32.2. The van der Waals surface area contributed by atoms with Gasteiger partial charge in [-0.05, 0) is 25.4 Å². The lowest BCUT2D eigenvalue weighted by molar-refractivity contribution is 0.584. The summed E-state index contributed by atoms with van der Waals surface area (Å²) < 4.78 is 27.0. The topological polar surface area (TPSA) is 58.2 Å². The summed E-state index contributed by atoms with van der Waals surface area (Å²) in [5, 5.41) is 4.31. The van der Waals surface area contributed by atoms with Gasteiger partial charge in [0.15, 0.2) is 0 Å². The number of anilines is 1. The molecule has 0 aliphatic heterocycles. The molecule has 5 heteroatoms. The predicted molar refractivity (Wildman–Crippen MR) is 79.9 cm³/mol. The summed E-state index contributed by atoms with van der Waals surface area (Å²) in [5.41, 5.74) is 0.626. The molecule has 0 aliphatic carbocycles. The van der Waals surface area contributed by atoms with Crippen LogP contribution < -0.4 is 10.0 Å². The van der Waals surface area contributed by atoms with Crippen molar-refractivity contribution in [3.63, 3.8) is 0 Å². The Labute approximate surface area is 113 Å². The van der Waals surface area contributed by atoms with Crippen LogP contribution in [0, 0.1) is 0 Å². The van der Waals surface area contributed by atoms with Crippen LogP contribution in [0.1, 0.15) is 6.92 Å². The highest BCUT2D eigenvalue weighted by molar-refractivity contribution is 7.93. The SMILES string of the molecule is CNCC(C)S(=O)(=O)Nc1cccc2ccccc12. The lowest BCUT2D eigenvalue weighted by Gasteiger charge is -2.15. The Kier molecular flexibility index (Phi) is 4.07. The van der Waals surface area contributed by atoms with E-state index in [1.165, 1.54) is 0 Å². The Bertz CT molecular complexity index is 663. The van der Waals surface area contributed by atoms with Gasteiger partial charge in [0.25, 0.3) is 0 Å². The van der Waals surface area contributed by atoms with Gasteiger partial charge in [-0.3, -0.25) is 4.72 Å². The van der Waals surface area contributed by atoms with E-state index in [1.807, 2.05) is 36.4 Å². The van der Waals surface area contributed by atoms with Crippen molar-refractivity contribution >= 4 is 26.5 Å². The monoisotopic (exact) mass is 278 g/mol. The van der Waals surface area contributed by atoms with Gasteiger partial charge in [0.05, 0.1) is 10.9 Å². The lowest BCUT2D eigenvalue weighted by atomic mass is 10.1. The molecule has 0 saturated carbocycles. The van der Waals surface area contributed by atoms with Crippen LogP contribution in [0.3, 0.4) is 0 Å². The van der Waals surface area contributed by atoms with Crippen molar-refractivity contribution in [3.8, 4) is 0 Å². The molecule has 0 aliphatic rings. The molecule has 0 saturated heterocycles. The van der Waals surface area contributed by atoms with Crippen molar-refractivity contribution in [1.29, 1.82) is 0 Å². The Morgan fingerprint density at radius 2 is 1.79 bits per heavy atom. The lowest BCUT2D eigenvalue weighted by Crippen LogP contribution is -2.33. The first-order valence-electron chi connectivity index (χ1n) is 6.18. The number of sulfonamides is 1. The first kappa shape index (κ1) is 13.8. The molecule has 0 amide bonds. The number of nitrogens with one attached hydrogen (secondary N) is 2. The molecule has 0 aromatic heterocycles. The third-order valence-corrected chi connectivity index (χ3v) is 4.79. The van der Waals surface area contributed by atoms with Crippen LogP contribution >= 0.6 is 0 Å². The summed E-state index contributed by atoms with van der Waals surface area (Å²) in [6.07, 6.45) is 0. The van der Waals surface area contributed by atoms with Crippen molar-refractivity contribution < 1.29 is 8.42 Å². The van der Waals surface area contributed by atoms with E-state index in [-0.39, 0.29) is 0 Å². The molecular formula is C14H18N2O2S. The standard InChI is InChI=1S/C14H18N2O2S/c1-11(10-15-2)19(17,18)16-14-9-5-7-12-6-3-4-8-13(12)14/h3-9,11,15-16H,10H2,1-2H3. The van der Waals surface area contributed by atoms with E-state index in [9.17, 15) is 8.42 Å². The van der Waals surface area contributed by atoms with E-state index in [0.717, 1.165) is 10.8 Å². The van der Waals surface area contributed by atoms with E-state index in [2.05, 4.69) is 10.0 Å². The molecule has 0 heterocycles. The van der Waals surface area contributed by atoms with Crippen molar-refractivity contribution in [2.75, 3.05) is 18.3 Å². The Morgan fingerprint density at radius 3 is 2.53 bits per heavy atom. The van der Waals surface area contributed by atoms with E-state index in [4.69, 9.17) is 0 Å². The van der Waals surface area contributed by atoms with Crippen molar-refractivity contribution in [2.24, 2.45) is 0 Å². The van der Waals surface area contributed by atoms with Gasteiger partial charge in [-0.15, -0.1) is 0 Å². The summed E-state index contributed by atoms with van der Waals surface area (Å²) in [4.78, 5) is 0. The number of benzene rings is 2. The molecule has 2 aromatic carbocycles. The quantitative estimate of drug-likeness (QED) is 0.881. The third kappa shape index (κ3) is 3.05. The number of fused-ring (bicyclic) bond motifs is 1. The van der Waals surface area contributed by atoms with Crippen molar-refractivity contribution in [1.82, 2.24) is 5.32 Å². The summed E-state index contributed by atoms with van der Waals surface area (Å²) >= 11 is 0. The fourth-order valence-corrected chi connectivity index (χ4v) is 3.04. The minimum atomic E-state index is -3.38. The molecular weight excluding hydrogens is 260 g/mol. The zero-order valence-corrected chi connectivity index (χ0v) is 11.9. The van der Waals surface area contributed by atoms with Crippen LogP contribution in [0.15, 0.2) is 42.5 Å². The molecule has 4 nitrogen and oxygen atoms in total. The Morgan fingerprint density at radius 1 is 1.11 bits per heavy atom. The molecule has 2 rings (SSSR count). The fourth-order valence-electron chi connectivity index (χ4n) is 1.97. The zero-order valence-electron chi connectivity index (χ0n) is 11.1. The molecule has 0 spiro atoms. The van der Waals surface area contributed by atoms with Crippen LogP contribution in [0.25, 0.3) is 10.8 Å². The predicted octanol–water partition coefficient (Wildman–Crippen LogP) is 2.19. The normalized spacial score (nSPS) is 13.4. The maximum atomic E-state index is 12.2. The van der Waals surface area contributed by atoms with Gasteiger partial charge < -0.3 is 5.32 Å². The molecule has 2 N–H and O–H groups in total. The first-order chi connectivity index (χ1) is 9.04. The number of rotatable bonds is 5. The van der Waals surface area contributed by atoms with E-state index < -0.39 is 15.3 Å². The van der Waals surface area contributed by atoms with Gasteiger partial charge in [-0.25, -0.2) is 8.42 Å². The molecule has 0 bridgehead atoms. The van der Waals surface area contributed by atoms with Gasteiger partial charge in [0.2, 0.25) is 10.0 Å². The maximum Gasteiger partial charge on any atom is 0.236 e. The average Bonchev–Trinajstić information content (AvgIpc) is 2.39. The van der Waals surface area contributed by atoms with Gasteiger partial charge >= 0.3 is 0 Å². The van der Waals surface area contributed by atoms with E-state index in [0.29, 0.717) is 12.2 Å². The Balaban J connectivity index is 2.36. The number of hydrogen-bond donors (Lipinski definition) is 2. The molecule has 1 unspecified atom stereocenters. The molecule has 102 valence electrons. The highest BCUT2D eigenvalue weighted by Crippen LogP contribution is 2.24. The number of hydrogen-bond acceptors (Lipinski definition) is 3. The minimum Gasteiger partial charge on any atom is -0.318 e. The average molecular weight is 278 g/mol. The second kappa shape index (κ2) is 5.59. The van der Waals surface area contributed by atoms with Crippen LogP contribution in [-0.2, 0) is 10.0 Å². The van der Waals surface area contributed by atoms with Gasteiger partial charge in [-0.1, -0.05) is 36.4 Å². The molecule has 2 aromatic rings. The minimum absolute atomic E-state index is 0.417. The van der Waals surface area contributed by atoms with Gasteiger partial charge in [0, 0.05) is 11.9 Å². The molecule has 19 heavy (non-hydrogen) atoms. The van der Waals surface area contributed by atoms with Crippen molar-refractivity contribution in [2.45, 2.75) is 12.2 Å². The van der Waals surface area contributed by atoms with E-state index in [1.54, 1.807) is 20.0 Å². The van der Waals surface area contributed by atoms with E-state index >= 15 is 0 Å². The third-order valence-electron chi connectivity index (χ3n) is 3.06. The Hall–Kier alpha value is -1.59. The fraction of sp³-hybridized carbons (Fsp3) is 0.286. The molecule has 0 fully saturated rings. The summed E-state index contributed by atoms with van der Waals surface area (Å²) in [5.74, 6) is 0. The second-order valence-corrected chi connectivity index (χ2v) is 6.64. The summed E-state index contributed by atoms with van der Waals surface area (Å²) in [6, 6.07) is 13.3. The maximum absolute atomic E-state index is 12.2.